The van der Waals surface area contributed by atoms with E-state index in [9.17, 15) is 9.59 Å². The third-order valence-electron chi connectivity index (χ3n) is 3.17. The van der Waals surface area contributed by atoms with Crippen LogP contribution < -0.4 is 11.1 Å². The number of benzene rings is 1. The molecule has 0 radical (unpaired) electrons. The van der Waals surface area contributed by atoms with Crippen LogP contribution in [0.1, 0.15) is 12.0 Å². The molecule has 0 spiro atoms. The highest BCUT2D eigenvalue weighted by Gasteiger charge is 2.23. The average Bonchev–Trinajstić information content (AvgIpc) is 2.90. The first-order valence-corrected chi connectivity index (χ1v) is 6.63. The minimum atomic E-state index is -0.592. The van der Waals surface area contributed by atoms with E-state index in [0.717, 1.165) is 12.0 Å². The number of hydrogen-bond donors (Lipinski definition) is 2. The number of likely N-dealkylation sites (tertiary alicyclic amines) is 1. The number of carbonyl (C=O) groups is 2. The molecule has 1 aromatic carbocycles. The van der Waals surface area contributed by atoms with Gasteiger partial charge in [-0.05, 0) is 12.0 Å². The summed E-state index contributed by atoms with van der Waals surface area (Å²) in [6.45, 7) is 1.34. The molecular weight excluding hydrogens is 294 g/mol. The van der Waals surface area contributed by atoms with Gasteiger partial charge in [-0.1, -0.05) is 30.3 Å². The summed E-state index contributed by atoms with van der Waals surface area (Å²) < 4.78 is 5.02. The summed E-state index contributed by atoms with van der Waals surface area (Å²) >= 11 is 0. The van der Waals surface area contributed by atoms with Crippen LogP contribution in [0.3, 0.4) is 0 Å². The van der Waals surface area contributed by atoms with Crippen molar-refractivity contribution in [3.8, 4) is 0 Å². The molecule has 7 heteroatoms. The predicted octanol–water partition coefficient (Wildman–Crippen LogP) is 0.894. The third kappa shape index (κ3) is 5.61. The number of nitrogens with one attached hydrogen (secondary N) is 1. The van der Waals surface area contributed by atoms with Crippen LogP contribution in [0.2, 0.25) is 0 Å². The van der Waals surface area contributed by atoms with Crippen LogP contribution in [-0.2, 0) is 16.1 Å². The number of carbonyl (C=O) groups excluding carboxylic acids is 2. The summed E-state index contributed by atoms with van der Waals surface area (Å²) in [5, 5.41) is 2.45. The Balaban J connectivity index is 0.00000220. The number of alkyl carbamates (subject to hydrolysis) is 1. The maximum absolute atomic E-state index is 11.8. The monoisotopic (exact) mass is 313 g/mol. The molecule has 1 saturated heterocycles. The van der Waals surface area contributed by atoms with Crippen LogP contribution in [0.4, 0.5) is 4.79 Å². The number of nitrogens with two attached hydrogens (primary N) is 1. The molecule has 1 aromatic rings. The molecule has 1 heterocycles. The highest BCUT2D eigenvalue weighted by atomic mass is 35.5. The Morgan fingerprint density at radius 1 is 1.33 bits per heavy atom. The van der Waals surface area contributed by atoms with Gasteiger partial charge in [-0.25, -0.2) is 4.79 Å². The van der Waals surface area contributed by atoms with Crippen molar-refractivity contribution in [2.75, 3.05) is 19.6 Å². The second-order valence-corrected chi connectivity index (χ2v) is 4.80. The number of hydrogen-bond acceptors (Lipinski definition) is 4. The second-order valence-electron chi connectivity index (χ2n) is 4.80. The Kier molecular flexibility index (Phi) is 6.98. The van der Waals surface area contributed by atoms with Gasteiger partial charge in [0.25, 0.3) is 0 Å². The first-order valence-electron chi connectivity index (χ1n) is 6.63. The van der Waals surface area contributed by atoms with E-state index in [0.29, 0.717) is 13.1 Å². The fourth-order valence-corrected chi connectivity index (χ4v) is 2.05. The molecule has 3 N–H and O–H groups in total. The molecule has 0 unspecified atom stereocenters. The van der Waals surface area contributed by atoms with E-state index < -0.39 is 6.09 Å². The quantitative estimate of drug-likeness (QED) is 0.864. The van der Waals surface area contributed by atoms with Crippen molar-refractivity contribution in [2.24, 2.45) is 5.73 Å². The van der Waals surface area contributed by atoms with Gasteiger partial charge in [0, 0.05) is 19.1 Å². The summed E-state index contributed by atoms with van der Waals surface area (Å²) in [5.41, 5.74) is 6.63. The van der Waals surface area contributed by atoms with Crippen molar-refractivity contribution in [3.63, 3.8) is 0 Å². The zero-order chi connectivity index (χ0) is 14.4. The predicted molar refractivity (Wildman–Crippen MR) is 81.1 cm³/mol. The zero-order valence-corrected chi connectivity index (χ0v) is 12.5. The minimum absolute atomic E-state index is 0. The Morgan fingerprint density at radius 3 is 2.67 bits per heavy atom. The number of nitrogens with zero attached hydrogens (tertiary/aromatic N) is 1. The smallest absolute Gasteiger partial charge is 0.407 e. The van der Waals surface area contributed by atoms with Gasteiger partial charge in [0.05, 0.1) is 0 Å². The summed E-state index contributed by atoms with van der Waals surface area (Å²) in [6, 6.07) is 9.41. The molecule has 0 aromatic heterocycles. The van der Waals surface area contributed by atoms with E-state index in [1.165, 1.54) is 0 Å². The SMILES string of the molecule is Cl.N[C@H]1CCN(C(=O)CNC(=O)OCc2ccccc2)C1. The van der Waals surface area contributed by atoms with Gasteiger partial charge in [-0.15, -0.1) is 12.4 Å². The van der Waals surface area contributed by atoms with Gasteiger partial charge in [-0.2, -0.15) is 0 Å². The molecular formula is C14H20ClN3O3. The fraction of sp³-hybridized carbons (Fsp3) is 0.429. The molecule has 1 fully saturated rings. The fourth-order valence-electron chi connectivity index (χ4n) is 2.05. The molecule has 0 bridgehead atoms. The number of ether oxygens (including phenoxy) is 1. The maximum atomic E-state index is 11.8. The first kappa shape index (κ1) is 17.3. The van der Waals surface area contributed by atoms with Crippen LogP contribution in [0.5, 0.6) is 0 Å². The van der Waals surface area contributed by atoms with Gasteiger partial charge < -0.3 is 20.7 Å². The molecule has 2 amide bonds. The lowest BCUT2D eigenvalue weighted by atomic mass is 10.2. The molecule has 1 aliphatic heterocycles. The molecule has 116 valence electrons. The number of rotatable bonds is 4. The third-order valence-corrected chi connectivity index (χ3v) is 3.17. The summed E-state index contributed by atoms with van der Waals surface area (Å²) in [7, 11) is 0. The van der Waals surface area contributed by atoms with Crippen molar-refractivity contribution in [1.82, 2.24) is 10.2 Å². The van der Waals surface area contributed by atoms with E-state index in [2.05, 4.69) is 5.32 Å². The van der Waals surface area contributed by atoms with Crippen LogP contribution in [-0.4, -0.2) is 42.6 Å². The minimum Gasteiger partial charge on any atom is -0.445 e. The summed E-state index contributed by atoms with van der Waals surface area (Å²) in [5.74, 6) is -0.130. The molecule has 0 saturated carbocycles. The molecule has 1 aliphatic rings. The number of halogens is 1. The van der Waals surface area contributed by atoms with Crippen molar-refractivity contribution >= 4 is 24.4 Å². The molecule has 1 atom stereocenters. The Morgan fingerprint density at radius 2 is 2.05 bits per heavy atom. The maximum Gasteiger partial charge on any atom is 0.407 e. The summed E-state index contributed by atoms with van der Waals surface area (Å²) in [4.78, 5) is 24.9. The Hall–Kier alpha value is -1.79. The molecule has 2 rings (SSSR count). The highest BCUT2D eigenvalue weighted by molar-refractivity contribution is 5.85. The van der Waals surface area contributed by atoms with Crippen molar-refractivity contribution in [1.29, 1.82) is 0 Å². The van der Waals surface area contributed by atoms with Crippen molar-refractivity contribution < 1.29 is 14.3 Å². The first-order chi connectivity index (χ1) is 9.65. The average molecular weight is 314 g/mol. The van der Waals surface area contributed by atoms with Crippen LogP contribution >= 0.6 is 12.4 Å². The van der Waals surface area contributed by atoms with E-state index in [-0.39, 0.29) is 37.5 Å². The standard InChI is InChI=1S/C14H19N3O3.ClH/c15-12-6-7-17(9-12)13(18)8-16-14(19)20-10-11-4-2-1-3-5-11;/h1-5,12H,6-10,15H2,(H,16,19);1H/t12-;/m0./s1. The lowest BCUT2D eigenvalue weighted by Gasteiger charge is -2.15. The van der Waals surface area contributed by atoms with Crippen molar-refractivity contribution in [2.45, 2.75) is 19.1 Å². The molecule has 6 nitrogen and oxygen atoms in total. The topological polar surface area (TPSA) is 84.7 Å². The van der Waals surface area contributed by atoms with Crippen LogP contribution in [0, 0.1) is 0 Å². The van der Waals surface area contributed by atoms with Gasteiger partial charge in [0.1, 0.15) is 13.2 Å². The van der Waals surface area contributed by atoms with E-state index in [4.69, 9.17) is 10.5 Å². The van der Waals surface area contributed by atoms with E-state index in [1.54, 1.807) is 4.90 Å². The van der Waals surface area contributed by atoms with Crippen molar-refractivity contribution in [3.05, 3.63) is 35.9 Å². The summed E-state index contributed by atoms with van der Waals surface area (Å²) in [6.07, 6.45) is 0.218. The van der Waals surface area contributed by atoms with Gasteiger partial charge in [-0.3, -0.25) is 4.79 Å². The largest absolute Gasteiger partial charge is 0.445 e. The normalized spacial score (nSPS) is 17.0. The Labute approximate surface area is 130 Å². The van der Waals surface area contributed by atoms with E-state index >= 15 is 0 Å². The van der Waals surface area contributed by atoms with Gasteiger partial charge in [0.15, 0.2) is 0 Å². The lowest BCUT2D eigenvalue weighted by molar-refractivity contribution is -0.129. The van der Waals surface area contributed by atoms with E-state index in [1.807, 2.05) is 30.3 Å². The Bertz CT molecular complexity index is 470. The van der Waals surface area contributed by atoms with Crippen LogP contribution in [0.15, 0.2) is 30.3 Å². The molecule has 0 aliphatic carbocycles. The van der Waals surface area contributed by atoms with Gasteiger partial charge in [0.2, 0.25) is 5.91 Å². The highest BCUT2D eigenvalue weighted by Crippen LogP contribution is 2.06. The zero-order valence-electron chi connectivity index (χ0n) is 11.7. The molecule has 21 heavy (non-hydrogen) atoms. The number of amides is 2. The van der Waals surface area contributed by atoms with Crippen LogP contribution in [0.25, 0.3) is 0 Å². The second kappa shape index (κ2) is 8.49. The lowest BCUT2D eigenvalue weighted by Crippen LogP contribution is -2.40. The van der Waals surface area contributed by atoms with Gasteiger partial charge >= 0.3 is 6.09 Å².